The van der Waals surface area contributed by atoms with Gasteiger partial charge in [-0.3, -0.25) is 14.6 Å². The van der Waals surface area contributed by atoms with E-state index in [0.717, 1.165) is 22.6 Å². The van der Waals surface area contributed by atoms with Crippen molar-refractivity contribution in [3.63, 3.8) is 0 Å². The molecule has 0 saturated carbocycles. The van der Waals surface area contributed by atoms with Crippen molar-refractivity contribution >= 4 is 5.91 Å². The standard InChI is InChI=1S/C16H19N3O3/c1-10-7-18-13(11(2)15(10)22-4)9-19-8-12(16(21)17-3)5-6-14(19)20/h5-8H,9H2,1-4H3,(H,17,21). The van der Waals surface area contributed by atoms with Crippen LogP contribution in [0.4, 0.5) is 0 Å². The maximum absolute atomic E-state index is 12.0. The molecule has 0 unspecified atom stereocenters. The van der Waals surface area contributed by atoms with E-state index in [-0.39, 0.29) is 18.0 Å². The maximum atomic E-state index is 12.0. The van der Waals surface area contributed by atoms with Crippen molar-refractivity contribution in [1.29, 1.82) is 0 Å². The van der Waals surface area contributed by atoms with Gasteiger partial charge in [0.2, 0.25) is 0 Å². The minimum atomic E-state index is -0.236. The molecule has 1 amide bonds. The van der Waals surface area contributed by atoms with Crippen molar-refractivity contribution in [1.82, 2.24) is 14.9 Å². The van der Waals surface area contributed by atoms with Crippen LogP contribution in [0.2, 0.25) is 0 Å². The molecule has 2 heterocycles. The zero-order valence-electron chi connectivity index (χ0n) is 13.1. The molecular weight excluding hydrogens is 282 g/mol. The minimum Gasteiger partial charge on any atom is -0.496 e. The van der Waals surface area contributed by atoms with E-state index in [1.54, 1.807) is 20.4 Å². The minimum absolute atomic E-state index is 0.187. The zero-order valence-corrected chi connectivity index (χ0v) is 13.1. The van der Waals surface area contributed by atoms with E-state index in [4.69, 9.17) is 4.74 Å². The Labute approximate surface area is 128 Å². The second-order valence-electron chi connectivity index (χ2n) is 5.01. The SMILES string of the molecule is CNC(=O)c1ccc(=O)n(Cc2ncc(C)c(OC)c2C)c1. The first-order valence-corrected chi connectivity index (χ1v) is 6.89. The lowest BCUT2D eigenvalue weighted by molar-refractivity contribution is 0.0962. The topological polar surface area (TPSA) is 73.2 Å². The van der Waals surface area contributed by atoms with E-state index in [9.17, 15) is 9.59 Å². The summed E-state index contributed by atoms with van der Waals surface area (Å²) in [6, 6.07) is 2.89. The van der Waals surface area contributed by atoms with Gasteiger partial charge in [-0.2, -0.15) is 0 Å². The summed E-state index contributed by atoms with van der Waals surface area (Å²) in [6.07, 6.45) is 3.25. The van der Waals surface area contributed by atoms with Crippen LogP contribution in [0.1, 0.15) is 27.2 Å². The average Bonchev–Trinajstić information content (AvgIpc) is 2.51. The van der Waals surface area contributed by atoms with Crippen LogP contribution in [-0.4, -0.2) is 29.6 Å². The molecule has 0 saturated heterocycles. The highest BCUT2D eigenvalue weighted by molar-refractivity contribution is 5.93. The normalized spacial score (nSPS) is 10.4. The molecule has 6 nitrogen and oxygen atoms in total. The van der Waals surface area contributed by atoms with Gasteiger partial charge in [-0.15, -0.1) is 0 Å². The van der Waals surface area contributed by atoms with Gasteiger partial charge in [0, 0.05) is 36.6 Å². The van der Waals surface area contributed by atoms with Crippen molar-refractivity contribution in [2.24, 2.45) is 0 Å². The number of rotatable bonds is 4. The van der Waals surface area contributed by atoms with Crippen LogP contribution in [0.3, 0.4) is 0 Å². The largest absolute Gasteiger partial charge is 0.496 e. The van der Waals surface area contributed by atoms with E-state index >= 15 is 0 Å². The van der Waals surface area contributed by atoms with Gasteiger partial charge in [0.05, 0.1) is 24.9 Å². The number of nitrogens with one attached hydrogen (secondary N) is 1. The summed E-state index contributed by atoms with van der Waals surface area (Å²) in [5.41, 5.74) is 2.81. The Hall–Kier alpha value is -2.63. The number of aryl methyl sites for hydroxylation is 1. The molecule has 0 aliphatic carbocycles. The highest BCUT2D eigenvalue weighted by atomic mass is 16.5. The van der Waals surface area contributed by atoms with Crippen molar-refractivity contribution < 1.29 is 9.53 Å². The number of nitrogens with zero attached hydrogens (tertiary/aromatic N) is 2. The summed E-state index contributed by atoms with van der Waals surface area (Å²) < 4.78 is 6.84. The predicted octanol–water partition coefficient (Wildman–Crippen LogP) is 1.28. The number of hydrogen-bond donors (Lipinski definition) is 1. The van der Waals surface area contributed by atoms with E-state index < -0.39 is 0 Å². The van der Waals surface area contributed by atoms with Gasteiger partial charge in [0.15, 0.2) is 0 Å². The molecule has 0 spiro atoms. The summed E-state index contributed by atoms with van der Waals surface area (Å²) in [7, 11) is 3.16. The third-order valence-corrected chi connectivity index (χ3v) is 3.54. The van der Waals surface area contributed by atoms with Gasteiger partial charge in [-0.1, -0.05) is 0 Å². The zero-order chi connectivity index (χ0) is 16.3. The molecule has 6 heteroatoms. The van der Waals surface area contributed by atoms with Gasteiger partial charge in [0.25, 0.3) is 11.5 Å². The fourth-order valence-electron chi connectivity index (χ4n) is 2.33. The Morgan fingerprint density at radius 1 is 1.36 bits per heavy atom. The summed E-state index contributed by atoms with van der Waals surface area (Å²) >= 11 is 0. The van der Waals surface area contributed by atoms with Gasteiger partial charge in [-0.05, 0) is 19.9 Å². The highest BCUT2D eigenvalue weighted by Crippen LogP contribution is 2.24. The Balaban J connectivity index is 2.43. The molecule has 22 heavy (non-hydrogen) atoms. The number of pyridine rings is 2. The van der Waals surface area contributed by atoms with Crippen molar-refractivity contribution in [2.45, 2.75) is 20.4 Å². The number of hydrogen-bond acceptors (Lipinski definition) is 4. The Morgan fingerprint density at radius 2 is 2.09 bits per heavy atom. The molecule has 2 rings (SSSR count). The van der Waals surface area contributed by atoms with Crippen LogP contribution >= 0.6 is 0 Å². The lowest BCUT2D eigenvalue weighted by Crippen LogP contribution is -2.25. The molecular formula is C16H19N3O3. The second kappa shape index (κ2) is 6.43. The van der Waals surface area contributed by atoms with Crippen LogP contribution in [0.5, 0.6) is 5.75 Å². The molecule has 0 aromatic carbocycles. The summed E-state index contributed by atoms with van der Waals surface area (Å²) in [5.74, 6) is 0.528. The fourth-order valence-corrected chi connectivity index (χ4v) is 2.33. The Morgan fingerprint density at radius 3 is 2.73 bits per heavy atom. The van der Waals surface area contributed by atoms with Crippen LogP contribution < -0.4 is 15.6 Å². The number of carbonyl (C=O) groups excluding carboxylic acids is 1. The van der Waals surface area contributed by atoms with Crippen LogP contribution in [0.15, 0.2) is 29.3 Å². The third kappa shape index (κ3) is 3.00. The van der Waals surface area contributed by atoms with E-state index in [2.05, 4.69) is 10.3 Å². The fraction of sp³-hybridized carbons (Fsp3) is 0.312. The van der Waals surface area contributed by atoms with Crippen LogP contribution in [0.25, 0.3) is 0 Å². The highest BCUT2D eigenvalue weighted by Gasteiger charge is 2.12. The first-order chi connectivity index (χ1) is 10.5. The third-order valence-electron chi connectivity index (χ3n) is 3.54. The van der Waals surface area contributed by atoms with Crippen LogP contribution in [0, 0.1) is 13.8 Å². The summed E-state index contributed by atoms with van der Waals surface area (Å²) in [4.78, 5) is 28.0. The van der Waals surface area contributed by atoms with Crippen molar-refractivity contribution in [3.8, 4) is 5.75 Å². The molecule has 0 aliphatic heterocycles. The molecule has 2 aromatic rings. The number of methoxy groups -OCH3 is 1. The monoisotopic (exact) mass is 301 g/mol. The molecule has 0 atom stereocenters. The van der Waals surface area contributed by atoms with Gasteiger partial charge >= 0.3 is 0 Å². The Kier molecular flexibility index (Phi) is 4.60. The lowest BCUT2D eigenvalue weighted by Gasteiger charge is -2.13. The molecule has 2 aromatic heterocycles. The van der Waals surface area contributed by atoms with E-state index in [0.29, 0.717) is 5.56 Å². The van der Waals surface area contributed by atoms with Gasteiger partial charge in [-0.25, -0.2) is 0 Å². The molecule has 0 aliphatic rings. The number of carbonyl (C=O) groups is 1. The lowest BCUT2D eigenvalue weighted by atomic mass is 10.1. The molecule has 0 bridgehead atoms. The summed E-state index contributed by atoms with van der Waals surface area (Å²) in [5, 5.41) is 2.54. The van der Waals surface area contributed by atoms with Crippen LogP contribution in [-0.2, 0) is 6.54 Å². The maximum Gasteiger partial charge on any atom is 0.252 e. The molecule has 116 valence electrons. The number of ether oxygens (including phenoxy) is 1. The molecule has 0 fully saturated rings. The van der Waals surface area contributed by atoms with E-state index in [1.807, 2.05) is 13.8 Å². The molecule has 0 radical (unpaired) electrons. The first kappa shape index (κ1) is 15.8. The summed E-state index contributed by atoms with van der Waals surface area (Å²) in [6.45, 7) is 4.11. The quantitative estimate of drug-likeness (QED) is 0.923. The number of aromatic nitrogens is 2. The van der Waals surface area contributed by atoms with Crippen molar-refractivity contribution in [3.05, 3.63) is 57.3 Å². The van der Waals surface area contributed by atoms with Crippen molar-refractivity contribution in [2.75, 3.05) is 14.2 Å². The second-order valence-corrected chi connectivity index (χ2v) is 5.01. The average molecular weight is 301 g/mol. The smallest absolute Gasteiger partial charge is 0.252 e. The number of amides is 1. The molecule has 1 N–H and O–H groups in total. The van der Waals surface area contributed by atoms with E-state index in [1.165, 1.54) is 22.9 Å². The van der Waals surface area contributed by atoms with Gasteiger partial charge in [0.1, 0.15) is 5.75 Å². The predicted molar refractivity (Wildman–Crippen MR) is 83.5 cm³/mol. The first-order valence-electron chi connectivity index (χ1n) is 6.89. The van der Waals surface area contributed by atoms with Gasteiger partial charge < -0.3 is 14.6 Å². The Bertz CT molecular complexity index is 766.